The van der Waals surface area contributed by atoms with Crippen molar-refractivity contribution in [3.05, 3.63) is 6.20 Å². The highest BCUT2D eigenvalue weighted by atomic mass is 16.6. The first-order valence-corrected chi connectivity index (χ1v) is 2.52. The fourth-order valence-electron chi connectivity index (χ4n) is 0.478. The van der Waals surface area contributed by atoms with Gasteiger partial charge in [0.05, 0.1) is 0 Å². The molecule has 0 saturated carbocycles. The molecule has 0 radical (unpaired) electrons. The molecule has 1 aromatic rings. The molecule has 54 valence electrons. The molecule has 6 nitrogen and oxygen atoms in total. The van der Waals surface area contributed by atoms with Crippen molar-refractivity contribution in [1.82, 2.24) is 9.97 Å². The molecular formula is C3H6BN3O3. The zero-order valence-corrected chi connectivity index (χ0v) is 4.98. The van der Waals surface area contributed by atoms with Crippen LogP contribution in [0.2, 0.25) is 0 Å². The van der Waals surface area contributed by atoms with Crippen LogP contribution >= 0.6 is 0 Å². The van der Waals surface area contributed by atoms with E-state index in [9.17, 15) is 0 Å². The zero-order valence-electron chi connectivity index (χ0n) is 4.98. The van der Waals surface area contributed by atoms with Crippen LogP contribution in [0.3, 0.4) is 0 Å². The van der Waals surface area contributed by atoms with Crippen LogP contribution in [0.4, 0.5) is 5.82 Å². The van der Waals surface area contributed by atoms with Crippen LogP contribution in [0.1, 0.15) is 0 Å². The molecule has 1 rings (SSSR count). The summed E-state index contributed by atoms with van der Waals surface area (Å²) in [7, 11) is -1.87. The van der Waals surface area contributed by atoms with Crippen LogP contribution in [-0.4, -0.2) is 27.3 Å². The molecule has 7 heteroatoms. The topological polar surface area (TPSA) is 104 Å². The fourth-order valence-corrected chi connectivity index (χ4v) is 0.478. The van der Waals surface area contributed by atoms with E-state index in [0.29, 0.717) is 0 Å². The number of nitrogens with zero attached hydrogens (tertiary/aromatic N) is 1. The second-order valence-electron chi connectivity index (χ2n) is 1.57. The predicted octanol–water partition coefficient (Wildman–Crippen LogP) is -1.66. The predicted molar refractivity (Wildman–Crippen MR) is 33.8 cm³/mol. The fraction of sp³-hybridized carbons (Fsp3) is 0. The lowest BCUT2D eigenvalue weighted by molar-refractivity contribution is 0.279. The van der Waals surface area contributed by atoms with Gasteiger partial charge in [0, 0.05) is 6.20 Å². The lowest BCUT2D eigenvalue weighted by atomic mass is 10.3. The van der Waals surface area contributed by atoms with Crippen molar-refractivity contribution in [1.29, 1.82) is 0 Å². The first-order valence-electron chi connectivity index (χ1n) is 2.52. The largest absolute Gasteiger partial charge is 0.709 e. The lowest BCUT2D eigenvalue weighted by Gasteiger charge is -1.96. The van der Waals surface area contributed by atoms with Crippen molar-refractivity contribution in [3.63, 3.8) is 0 Å². The van der Waals surface area contributed by atoms with Crippen LogP contribution < -0.4 is 10.4 Å². The van der Waals surface area contributed by atoms with Gasteiger partial charge in [0.2, 0.25) is 0 Å². The Bertz CT molecular complexity index is 213. The van der Waals surface area contributed by atoms with Gasteiger partial charge in [0.25, 0.3) is 6.01 Å². The van der Waals surface area contributed by atoms with Crippen molar-refractivity contribution in [3.8, 4) is 6.01 Å². The Morgan fingerprint density at radius 1 is 1.70 bits per heavy atom. The summed E-state index contributed by atoms with van der Waals surface area (Å²) in [6, 6.07) is -0.0208. The first-order chi connectivity index (χ1) is 4.68. The maximum Gasteiger partial charge on any atom is 0.709 e. The number of nitrogens with one attached hydrogen (secondary N) is 1. The Balaban J connectivity index is 2.58. The third kappa shape index (κ3) is 1.64. The van der Waals surface area contributed by atoms with Crippen LogP contribution in [0, 0.1) is 0 Å². The summed E-state index contributed by atoms with van der Waals surface area (Å²) in [5.41, 5.74) is 5.17. The van der Waals surface area contributed by atoms with E-state index in [2.05, 4.69) is 14.6 Å². The summed E-state index contributed by atoms with van der Waals surface area (Å²) >= 11 is 0. The molecule has 1 heterocycles. The van der Waals surface area contributed by atoms with E-state index >= 15 is 0 Å². The maximum atomic E-state index is 8.25. The highest BCUT2D eigenvalue weighted by Gasteiger charge is 2.12. The van der Waals surface area contributed by atoms with Crippen molar-refractivity contribution in [2.24, 2.45) is 0 Å². The summed E-state index contributed by atoms with van der Waals surface area (Å²) in [6.45, 7) is 0. The minimum Gasteiger partial charge on any atom is -0.484 e. The molecule has 0 unspecified atom stereocenters. The minimum absolute atomic E-state index is 0.0208. The molecule has 0 bridgehead atoms. The van der Waals surface area contributed by atoms with E-state index in [1.807, 2.05) is 0 Å². The molecule has 0 atom stereocenters. The van der Waals surface area contributed by atoms with E-state index in [0.717, 1.165) is 0 Å². The molecule has 0 aromatic carbocycles. The number of imidazole rings is 1. The minimum atomic E-state index is -1.87. The smallest absolute Gasteiger partial charge is 0.484 e. The Morgan fingerprint density at radius 3 is 2.80 bits per heavy atom. The second-order valence-corrected chi connectivity index (χ2v) is 1.57. The standard InChI is InChI=1S/C3H6BN3O3/c5-2-1-6-3(7-2)10-4(8)9/h1,8-9H,5H2,(H,6,7). The van der Waals surface area contributed by atoms with E-state index < -0.39 is 7.32 Å². The molecule has 1 aromatic heterocycles. The van der Waals surface area contributed by atoms with E-state index in [1.54, 1.807) is 0 Å². The molecule has 0 aliphatic carbocycles. The number of aromatic nitrogens is 2. The molecule has 0 spiro atoms. The number of nitrogens with two attached hydrogens (primary N) is 1. The van der Waals surface area contributed by atoms with Crippen LogP contribution in [0.25, 0.3) is 0 Å². The Labute approximate surface area is 56.8 Å². The Hall–Kier alpha value is -1.21. The van der Waals surface area contributed by atoms with Crippen molar-refractivity contribution in [2.75, 3.05) is 5.73 Å². The molecule has 0 amide bonds. The molecule has 0 fully saturated rings. The van der Waals surface area contributed by atoms with Crippen molar-refractivity contribution < 1.29 is 14.7 Å². The van der Waals surface area contributed by atoms with Gasteiger partial charge in [-0.15, -0.1) is 0 Å². The van der Waals surface area contributed by atoms with Gasteiger partial charge in [-0.1, -0.05) is 0 Å². The van der Waals surface area contributed by atoms with Crippen molar-refractivity contribution >= 4 is 13.1 Å². The summed E-state index contributed by atoms with van der Waals surface area (Å²) < 4.78 is 4.30. The number of H-pyrrole nitrogens is 1. The van der Waals surface area contributed by atoms with E-state index in [4.69, 9.17) is 15.8 Å². The van der Waals surface area contributed by atoms with Crippen LogP contribution in [-0.2, 0) is 0 Å². The van der Waals surface area contributed by atoms with Gasteiger partial charge in [-0.25, -0.2) is 0 Å². The lowest BCUT2D eigenvalue weighted by Crippen LogP contribution is -2.21. The molecular weight excluding hydrogens is 137 g/mol. The monoisotopic (exact) mass is 143 g/mol. The second kappa shape index (κ2) is 2.59. The highest BCUT2D eigenvalue weighted by molar-refractivity contribution is 6.33. The SMILES string of the molecule is Nc1c[nH]c(OB(O)O)n1. The average molecular weight is 143 g/mol. The van der Waals surface area contributed by atoms with Gasteiger partial charge in [-0.05, 0) is 0 Å². The van der Waals surface area contributed by atoms with Crippen LogP contribution in [0.5, 0.6) is 6.01 Å². The number of aromatic amines is 1. The zero-order chi connectivity index (χ0) is 7.56. The van der Waals surface area contributed by atoms with Gasteiger partial charge >= 0.3 is 7.32 Å². The Kier molecular flexibility index (Phi) is 1.79. The van der Waals surface area contributed by atoms with Gasteiger partial charge in [-0.3, -0.25) is 0 Å². The van der Waals surface area contributed by atoms with E-state index in [-0.39, 0.29) is 11.8 Å². The van der Waals surface area contributed by atoms with Crippen molar-refractivity contribution in [2.45, 2.75) is 0 Å². The normalized spacial score (nSPS) is 9.40. The van der Waals surface area contributed by atoms with E-state index in [1.165, 1.54) is 6.20 Å². The van der Waals surface area contributed by atoms with Crippen LogP contribution in [0.15, 0.2) is 6.20 Å². The average Bonchev–Trinajstić information content (AvgIpc) is 2.13. The molecule has 0 aliphatic heterocycles. The highest BCUT2D eigenvalue weighted by Crippen LogP contribution is 2.04. The number of rotatable bonds is 2. The van der Waals surface area contributed by atoms with Gasteiger partial charge in [0.1, 0.15) is 5.82 Å². The summed E-state index contributed by atoms with van der Waals surface area (Å²) in [4.78, 5) is 5.99. The summed E-state index contributed by atoms with van der Waals surface area (Å²) in [6.07, 6.45) is 1.37. The molecule has 10 heavy (non-hydrogen) atoms. The number of hydrogen-bond acceptors (Lipinski definition) is 5. The number of anilines is 1. The first kappa shape index (κ1) is 6.91. The van der Waals surface area contributed by atoms with Gasteiger partial charge in [-0.2, -0.15) is 4.98 Å². The summed E-state index contributed by atoms with van der Waals surface area (Å²) in [5, 5.41) is 16.5. The summed E-state index contributed by atoms with van der Waals surface area (Å²) in [5.74, 6) is 0.232. The number of hydrogen-bond donors (Lipinski definition) is 4. The third-order valence-corrected chi connectivity index (χ3v) is 0.791. The molecule has 5 N–H and O–H groups in total. The molecule has 0 saturated heterocycles. The Morgan fingerprint density at radius 2 is 2.40 bits per heavy atom. The third-order valence-electron chi connectivity index (χ3n) is 0.791. The number of nitrogen functional groups attached to an aromatic ring is 1. The maximum absolute atomic E-state index is 8.25. The molecule has 0 aliphatic rings. The van der Waals surface area contributed by atoms with Gasteiger partial charge < -0.3 is 25.4 Å². The quantitative estimate of drug-likeness (QED) is 0.371. The van der Waals surface area contributed by atoms with Gasteiger partial charge in [0.15, 0.2) is 0 Å².